The zero-order valence-electron chi connectivity index (χ0n) is 15.5. The van der Waals surface area contributed by atoms with Crippen molar-refractivity contribution in [2.45, 2.75) is 0 Å². The van der Waals surface area contributed by atoms with Crippen LogP contribution in [-0.2, 0) is 0 Å². The third-order valence-corrected chi connectivity index (χ3v) is 4.17. The quantitative estimate of drug-likeness (QED) is 0.461. The highest BCUT2D eigenvalue weighted by molar-refractivity contribution is 6.06. The van der Waals surface area contributed by atoms with Gasteiger partial charge in [-0.25, -0.2) is 0 Å². The molecule has 5 nitrogen and oxygen atoms in total. The maximum atomic E-state index is 12.5. The second-order valence-electron chi connectivity index (χ2n) is 5.79. The van der Waals surface area contributed by atoms with Gasteiger partial charge in [0.25, 0.3) is 0 Å². The van der Waals surface area contributed by atoms with E-state index in [2.05, 4.69) is 0 Å². The first-order valence-corrected chi connectivity index (χ1v) is 8.42. The molecule has 0 radical (unpaired) electrons. The summed E-state index contributed by atoms with van der Waals surface area (Å²) in [6.45, 7) is 0. The van der Waals surface area contributed by atoms with Crippen molar-refractivity contribution in [3.63, 3.8) is 0 Å². The molecule has 3 aromatic rings. The van der Waals surface area contributed by atoms with Crippen molar-refractivity contribution < 1.29 is 19.0 Å². The minimum Gasteiger partial charge on any atom is -0.493 e. The minimum atomic E-state index is -0.0807. The molecule has 27 heavy (non-hydrogen) atoms. The molecular formula is C22H21NO4. The third-order valence-electron chi connectivity index (χ3n) is 4.17. The van der Waals surface area contributed by atoms with Crippen LogP contribution in [0, 0.1) is 0 Å². The van der Waals surface area contributed by atoms with Gasteiger partial charge in [0.1, 0.15) is 0 Å². The van der Waals surface area contributed by atoms with Gasteiger partial charge in [-0.3, -0.25) is 4.79 Å². The summed E-state index contributed by atoms with van der Waals surface area (Å²) >= 11 is 0. The topological polar surface area (TPSA) is 49.7 Å². The SMILES string of the molecule is COc1cc(/C=C/C(=O)c2ccc(-n3cccc3)cc2)cc(OC)c1OC. The normalized spacial score (nSPS) is 10.8. The molecule has 0 spiro atoms. The van der Waals surface area contributed by atoms with Crippen LogP contribution in [0.1, 0.15) is 15.9 Å². The highest BCUT2D eigenvalue weighted by Gasteiger charge is 2.12. The van der Waals surface area contributed by atoms with Crippen LogP contribution < -0.4 is 14.2 Å². The van der Waals surface area contributed by atoms with E-state index in [0.717, 1.165) is 11.3 Å². The Kier molecular flexibility index (Phi) is 5.61. The van der Waals surface area contributed by atoms with E-state index in [9.17, 15) is 4.79 Å². The van der Waals surface area contributed by atoms with Crippen LogP contribution in [0.4, 0.5) is 0 Å². The van der Waals surface area contributed by atoms with Crippen LogP contribution >= 0.6 is 0 Å². The van der Waals surface area contributed by atoms with Crippen LogP contribution in [0.2, 0.25) is 0 Å². The van der Waals surface area contributed by atoms with Crippen molar-refractivity contribution in [1.82, 2.24) is 4.57 Å². The number of carbonyl (C=O) groups excluding carboxylic acids is 1. The summed E-state index contributed by atoms with van der Waals surface area (Å²) in [5.41, 5.74) is 2.40. The van der Waals surface area contributed by atoms with Crippen molar-refractivity contribution in [3.05, 3.63) is 78.1 Å². The van der Waals surface area contributed by atoms with Crippen molar-refractivity contribution in [2.75, 3.05) is 21.3 Å². The van der Waals surface area contributed by atoms with E-state index >= 15 is 0 Å². The van der Waals surface area contributed by atoms with E-state index in [1.165, 1.54) is 6.08 Å². The number of ketones is 1. The number of allylic oxidation sites excluding steroid dienone is 1. The number of hydrogen-bond donors (Lipinski definition) is 0. The van der Waals surface area contributed by atoms with Gasteiger partial charge in [-0.2, -0.15) is 0 Å². The second-order valence-corrected chi connectivity index (χ2v) is 5.79. The molecule has 0 N–H and O–H groups in total. The van der Waals surface area contributed by atoms with Gasteiger partial charge in [0.05, 0.1) is 21.3 Å². The predicted molar refractivity (Wildman–Crippen MR) is 105 cm³/mol. The summed E-state index contributed by atoms with van der Waals surface area (Å²) in [5, 5.41) is 0. The number of ether oxygens (including phenoxy) is 3. The van der Waals surface area contributed by atoms with Gasteiger partial charge >= 0.3 is 0 Å². The Hall–Kier alpha value is -3.47. The molecular weight excluding hydrogens is 342 g/mol. The Bertz CT molecular complexity index is 916. The van der Waals surface area contributed by atoms with Gasteiger partial charge in [0.2, 0.25) is 5.75 Å². The van der Waals surface area contributed by atoms with Crippen molar-refractivity contribution in [3.8, 4) is 22.9 Å². The lowest BCUT2D eigenvalue weighted by atomic mass is 10.1. The summed E-state index contributed by atoms with van der Waals surface area (Å²) in [5.74, 6) is 1.52. The molecule has 0 fully saturated rings. The second kappa shape index (κ2) is 8.27. The molecule has 2 aromatic carbocycles. The lowest BCUT2D eigenvalue weighted by Crippen LogP contribution is -1.97. The molecule has 0 aliphatic rings. The molecule has 0 saturated carbocycles. The van der Waals surface area contributed by atoms with Gasteiger partial charge in [-0.05, 0) is 60.2 Å². The van der Waals surface area contributed by atoms with Gasteiger partial charge in [0, 0.05) is 23.6 Å². The summed E-state index contributed by atoms with van der Waals surface area (Å²) in [7, 11) is 4.67. The standard InChI is InChI=1S/C22H21NO4/c1-25-20-14-16(15-21(26-2)22(20)27-3)6-11-19(24)17-7-9-18(10-8-17)23-12-4-5-13-23/h4-15H,1-3H3/b11-6+. The van der Waals surface area contributed by atoms with Gasteiger partial charge < -0.3 is 18.8 Å². The minimum absolute atomic E-state index is 0.0807. The Labute approximate surface area is 158 Å². The van der Waals surface area contributed by atoms with E-state index in [-0.39, 0.29) is 5.78 Å². The van der Waals surface area contributed by atoms with Gasteiger partial charge in [-0.1, -0.05) is 6.08 Å². The Morgan fingerprint density at radius 2 is 1.48 bits per heavy atom. The third kappa shape index (κ3) is 4.03. The Morgan fingerprint density at radius 3 is 2.00 bits per heavy atom. The van der Waals surface area contributed by atoms with Gasteiger partial charge in [0.15, 0.2) is 17.3 Å². The maximum absolute atomic E-state index is 12.5. The number of hydrogen-bond acceptors (Lipinski definition) is 4. The first-order chi connectivity index (χ1) is 13.2. The van der Waals surface area contributed by atoms with Crippen LogP contribution in [0.5, 0.6) is 17.2 Å². The zero-order chi connectivity index (χ0) is 19.2. The Morgan fingerprint density at radius 1 is 0.889 bits per heavy atom. The molecule has 1 heterocycles. The van der Waals surface area contributed by atoms with Crippen LogP contribution in [-0.4, -0.2) is 31.7 Å². The number of rotatable bonds is 7. The number of carbonyl (C=O) groups is 1. The molecule has 0 unspecified atom stereocenters. The van der Waals surface area contributed by atoms with Gasteiger partial charge in [-0.15, -0.1) is 0 Å². The summed E-state index contributed by atoms with van der Waals surface area (Å²) in [6.07, 6.45) is 7.18. The number of benzene rings is 2. The fraction of sp³-hybridized carbons (Fsp3) is 0.136. The lowest BCUT2D eigenvalue weighted by molar-refractivity contribution is 0.104. The van der Waals surface area contributed by atoms with Crippen LogP contribution in [0.3, 0.4) is 0 Å². The molecule has 0 aliphatic carbocycles. The molecule has 0 aliphatic heterocycles. The lowest BCUT2D eigenvalue weighted by Gasteiger charge is -2.12. The van der Waals surface area contributed by atoms with E-state index in [1.54, 1.807) is 39.5 Å². The van der Waals surface area contributed by atoms with E-state index in [0.29, 0.717) is 22.8 Å². The zero-order valence-corrected chi connectivity index (χ0v) is 15.5. The molecule has 0 bridgehead atoms. The number of aromatic nitrogens is 1. The fourth-order valence-electron chi connectivity index (χ4n) is 2.77. The molecule has 0 amide bonds. The smallest absolute Gasteiger partial charge is 0.203 e. The van der Waals surface area contributed by atoms with Crippen molar-refractivity contribution in [1.29, 1.82) is 0 Å². The molecule has 0 atom stereocenters. The van der Waals surface area contributed by atoms with Crippen molar-refractivity contribution in [2.24, 2.45) is 0 Å². The molecule has 3 rings (SSSR count). The summed E-state index contributed by atoms with van der Waals surface area (Å²) in [6, 6.07) is 15.0. The van der Waals surface area contributed by atoms with Crippen LogP contribution in [0.25, 0.3) is 11.8 Å². The summed E-state index contributed by atoms with van der Waals surface area (Å²) in [4.78, 5) is 12.5. The first kappa shape index (κ1) is 18.3. The van der Waals surface area contributed by atoms with Crippen molar-refractivity contribution >= 4 is 11.9 Å². The summed E-state index contributed by atoms with van der Waals surface area (Å²) < 4.78 is 18.0. The fourth-order valence-corrected chi connectivity index (χ4v) is 2.77. The first-order valence-electron chi connectivity index (χ1n) is 8.42. The maximum Gasteiger partial charge on any atom is 0.203 e. The monoisotopic (exact) mass is 363 g/mol. The molecule has 0 saturated heterocycles. The molecule has 1 aromatic heterocycles. The predicted octanol–water partition coefficient (Wildman–Crippen LogP) is 4.40. The highest BCUT2D eigenvalue weighted by Crippen LogP contribution is 2.38. The van der Waals surface area contributed by atoms with E-state index in [1.807, 2.05) is 53.4 Å². The Balaban J connectivity index is 1.80. The average Bonchev–Trinajstić information content (AvgIpc) is 3.26. The molecule has 138 valence electrons. The number of methoxy groups -OCH3 is 3. The van der Waals surface area contributed by atoms with E-state index in [4.69, 9.17) is 14.2 Å². The average molecular weight is 363 g/mol. The highest BCUT2D eigenvalue weighted by atomic mass is 16.5. The number of nitrogens with zero attached hydrogens (tertiary/aromatic N) is 1. The molecule has 5 heteroatoms. The van der Waals surface area contributed by atoms with E-state index < -0.39 is 0 Å². The largest absolute Gasteiger partial charge is 0.493 e. The van der Waals surface area contributed by atoms with Crippen LogP contribution in [0.15, 0.2) is 67.0 Å².